The Hall–Kier alpha value is -2.04. The van der Waals surface area contributed by atoms with Gasteiger partial charge in [0.2, 0.25) is 5.91 Å². The molecule has 0 unspecified atom stereocenters. The van der Waals surface area contributed by atoms with Crippen molar-refractivity contribution < 1.29 is 14.3 Å². The Kier molecular flexibility index (Phi) is 6.64. The fourth-order valence-corrected chi connectivity index (χ4v) is 3.28. The third-order valence-electron chi connectivity index (χ3n) is 5.04. The molecule has 1 aromatic carbocycles. The van der Waals surface area contributed by atoms with Crippen LogP contribution in [0.2, 0.25) is 0 Å². The average molecular weight is 332 g/mol. The van der Waals surface area contributed by atoms with Crippen molar-refractivity contribution in [3.05, 3.63) is 29.8 Å². The molecule has 1 aromatic rings. The summed E-state index contributed by atoms with van der Waals surface area (Å²) in [5.74, 6) is 1.46. The molecule has 1 saturated carbocycles. The first-order valence-electron chi connectivity index (χ1n) is 8.73. The lowest BCUT2D eigenvalue weighted by atomic mass is 9.78. The molecule has 0 spiro atoms. The Morgan fingerprint density at radius 2 is 1.96 bits per heavy atom. The Morgan fingerprint density at radius 1 is 1.21 bits per heavy atom. The van der Waals surface area contributed by atoms with Crippen LogP contribution in [0.3, 0.4) is 0 Å². The molecule has 5 nitrogen and oxygen atoms in total. The second-order valence-corrected chi connectivity index (χ2v) is 6.65. The minimum Gasteiger partial charge on any atom is -0.496 e. The summed E-state index contributed by atoms with van der Waals surface area (Å²) in [6.07, 6.45) is 3.74. The number of nitrogens with one attached hydrogen (secondary N) is 2. The quantitative estimate of drug-likeness (QED) is 0.842. The van der Waals surface area contributed by atoms with Crippen LogP contribution in [0.4, 0.5) is 0 Å². The van der Waals surface area contributed by atoms with Gasteiger partial charge < -0.3 is 15.4 Å². The zero-order valence-electron chi connectivity index (χ0n) is 14.8. The third kappa shape index (κ3) is 4.73. The van der Waals surface area contributed by atoms with Crippen LogP contribution in [0, 0.1) is 11.8 Å². The monoisotopic (exact) mass is 332 g/mol. The summed E-state index contributed by atoms with van der Waals surface area (Å²) in [6.45, 7) is 4.77. The van der Waals surface area contributed by atoms with Crippen molar-refractivity contribution in [2.24, 2.45) is 11.8 Å². The van der Waals surface area contributed by atoms with Gasteiger partial charge in [-0.15, -0.1) is 0 Å². The van der Waals surface area contributed by atoms with Gasteiger partial charge in [-0.1, -0.05) is 38.8 Å². The fourth-order valence-electron chi connectivity index (χ4n) is 3.28. The van der Waals surface area contributed by atoms with E-state index in [-0.39, 0.29) is 17.9 Å². The SMILES string of the molecule is COc1ccccc1C(=O)NCCC(=O)N[C@@H]1CCC[C@@H](C)[C@@H]1C. The molecule has 0 heterocycles. The van der Waals surface area contributed by atoms with Crippen molar-refractivity contribution in [3.63, 3.8) is 0 Å². The van der Waals surface area contributed by atoms with E-state index in [2.05, 4.69) is 24.5 Å². The average Bonchev–Trinajstić information content (AvgIpc) is 2.58. The molecule has 24 heavy (non-hydrogen) atoms. The molecular formula is C19H28N2O3. The van der Waals surface area contributed by atoms with Crippen molar-refractivity contribution in [2.45, 2.75) is 45.6 Å². The summed E-state index contributed by atoms with van der Waals surface area (Å²) in [7, 11) is 1.53. The number of para-hydroxylation sites is 1. The van der Waals surface area contributed by atoms with Crippen molar-refractivity contribution in [1.82, 2.24) is 10.6 Å². The van der Waals surface area contributed by atoms with Crippen LogP contribution in [0.25, 0.3) is 0 Å². The minimum atomic E-state index is -0.222. The van der Waals surface area contributed by atoms with Crippen LogP contribution in [0.5, 0.6) is 5.75 Å². The molecular weight excluding hydrogens is 304 g/mol. The van der Waals surface area contributed by atoms with Gasteiger partial charge in [0.1, 0.15) is 5.75 Å². The maximum Gasteiger partial charge on any atom is 0.255 e. The van der Waals surface area contributed by atoms with Crippen LogP contribution >= 0.6 is 0 Å². The lowest BCUT2D eigenvalue weighted by Gasteiger charge is -2.34. The molecule has 0 saturated heterocycles. The molecule has 0 radical (unpaired) electrons. The first-order chi connectivity index (χ1) is 11.5. The normalized spacial score (nSPS) is 23.4. The van der Waals surface area contributed by atoms with E-state index >= 15 is 0 Å². The number of carbonyl (C=O) groups excluding carboxylic acids is 2. The number of carbonyl (C=O) groups is 2. The van der Waals surface area contributed by atoms with E-state index in [4.69, 9.17) is 4.74 Å². The van der Waals surface area contributed by atoms with Crippen molar-refractivity contribution >= 4 is 11.8 Å². The highest BCUT2D eigenvalue weighted by Gasteiger charge is 2.27. The molecule has 2 rings (SSSR count). The first-order valence-corrected chi connectivity index (χ1v) is 8.73. The van der Waals surface area contributed by atoms with Gasteiger partial charge in [0.05, 0.1) is 12.7 Å². The van der Waals surface area contributed by atoms with Crippen LogP contribution in [-0.2, 0) is 4.79 Å². The fraction of sp³-hybridized carbons (Fsp3) is 0.579. The summed E-state index contributed by atoms with van der Waals surface area (Å²) < 4.78 is 5.18. The standard InChI is InChI=1S/C19H28N2O3/c1-13-7-6-9-16(14(13)2)21-18(22)11-12-20-19(23)15-8-4-5-10-17(15)24-3/h4-5,8,10,13-14,16H,6-7,9,11-12H2,1-3H3,(H,20,23)(H,21,22)/t13-,14+,16-/m1/s1. The largest absolute Gasteiger partial charge is 0.496 e. The lowest BCUT2D eigenvalue weighted by molar-refractivity contribution is -0.122. The second kappa shape index (κ2) is 8.71. The van der Waals surface area contributed by atoms with E-state index in [1.54, 1.807) is 18.2 Å². The van der Waals surface area contributed by atoms with E-state index < -0.39 is 0 Å². The maximum absolute atomic E-state index is 12.2. The predicted octanol–water partition coefficient (Wildman–Crippen LogP) is 2.76. The van der Waals surface area contributed by atoms with E-state index in [0.29, 0.717) is 36.1 Å². The number of hydrogen-bond donors (Lipinski definition) is 2. The molecule has 0 aromatic heterocycles. The van der Waals surface area contributed by atoms with Gasteiger partial charge in [-0.3, -0.25) is 9.59 Å². The number of amides is 2. The Balaban J connectivity index is 1.77. The second-order valence-electron chi connectivity index (χ2n) is 6.65. The number of rotatable bonds is 6. The van der Waals surface area contributed by atoms with Crippen molar-refractivity contribution in [3.8, 4) is 5.75 Å². The van der Waals surface area contributed by atoms with E-state index in [9.17, 15) is 9.59 Å². The zero-order valence-corrected chi connectivity index (χ0v) is 14.8. The first kappa shape index (κ1) is 18.3. The van der Waals surface area contributed by atoms with Gasteiger partial charge in [0.15, 0.2) is 0 Å². The summed E-state index contributed by atoms with van der Waals surface area (Å²) in [5.41, 5.74) is 0.482. The van der Waals surface area contributed by atoms with Gasteiger partial charge in [-0.2, -0.15) is 0 Å². The van der Waals surface area contributed by atoms with Gasteiger partial charge in [-0.25, -0.2) is 0 Å². The minimum absolute atomic E-state index is 0.00118. The summed E-state index contributed by atoms with van der Waals surface area (Å²) in [4.78, 5) is 24.3. The van der Waals surface area contributed by atoms with E-state index in [0.717, 1.165) is 6.42 Å². The van der Waals surface area contributed by atoms with Gasteiger partial charge in [-0.05, 0) is 30.4 Å². The number of ether oxygens (including phenoxy) is 1. The van der Waals surface area contributed by atoms with Crippen molar-refractivity contribution in [1.29, 1.82) is 0 Å². The Bertz CT molecular complexity index is 573. The highest BCUT2D eigenvalue weighted by atomic mass is 16.5. The molecule has 1 aliphatic carbocycles. The molecule has 1 aliphatic rings. The Labute approximate surface area is 144 Å². The highest BCUT2D eigenvalue weighted by Crippen LogP contribution is 2.29. The predicted molar refractivity (Wildman–Crippen MR) is 94.1 cm³/mol. The van der Waals surface area contributed by atoms with Gasteiger partial charge in [0.25, 0.3) is 5.91 Å². The molecule has 3 atom stereocenters. The molecule has 2 N–H and O–H groups in total. The maximum atomic E-state index is 12.2. The zero-order chi connectivity index (χ0) is 17.5. The number of methoxy groups -OCH3 is 1. The number of benzene rings is 1. The topological polar surface area (TPSA) is 67.4 Å². The molecule has 0 aliphatic heterocycles. The van der Waals surface area contributed by atoms with Gasteiger partial charge >= 0.3 is 0 Å². The lowest BCUT2D eigenvalue weighted by Crippen LogP contribution is -2.44. The smallest absolute Gasteiger partial charge is 0.255 e. The van der Waals surface area contributed by atoms with Crippen LogP contribution in [-0.4, -0.2) is 31.5 Å². The van der Waals surface area contributed by atoms with Crippen molar-refractivity contribution in [2.75, 3.05) is 13.7 Å². The molecule has 5 heteroatoms. The molecule has 1 fully saturated rings. The Morgan fingerprint density at radius 3 is 2.71 bits per heavy atom. The molecule has 0 bridgehead atoms. The molecule has 2 amide bonds. The summed E-state index contributed by atoms with van der Waals surface area (Å²) in [5, 5.41) is 5.90. The van der Waals surface area contributed by atoms with E-state index in [1.165, 1.54) is 20.0 Å². The summed E-state index contributed by atoms with van der Waals surface area (Å²) >= 11 is 0. The highest BCUT2D eigenvalue weighted by molar-refractivity contribution is 5.97. The molecule has 132 valence electrons. The van der Waals surface area contributed by atoms with Crippen LogP contribution < -0.4 is 15.4 Å². The van der Waals surface area contributed by atoms with E-state index in [1.807, 2.05) is 6.07 Å². The third-order valence-corrected chi connectivity index (χ3v) is 5.04. The van der Waals surface area contributed by atoms with Crippen LogP contribution in [0.1, 0.15) is 49.9 Å². The number of hydrogen-bond acceptors (Lipinski definition) is 3. The summed E-state index contributed by atoms with van der Waals surface area (Å²) in [6, 6.07) is 7.31. The van der Waals surface area contributed by atoms with Gasteiger partial charge in [0, 0.05) is 19.0 Å². The van der Waals surface area contributed by atoms with Crippen LogP contribution in [0.15, 0.2) is 24.3 Å².